The molecule has 0 aliphatic rings. The second-order valence-corrected chi connectivity index (χ2v) is 5.29. The zero-order valence-corrected chi connectivity index (χ0v) is 13.3. The van der Waals surface area contributed by atoms with Crippen molar-refractivity contribution in [3.8, 4) is 5.75 Å². The molecule has 0 radical (unpaired) electrons. The smallest absolute Gasteiger partial charge is 0.309 e. The minimum absolute atomic E-state index is 0.211. The van der Waals surface area contributed by atoms with Crippen LogP contribution in [0.2, 0.25) is 0 Å². The molecular formula is C17H16N4O3. The van der Waals surface area contributed by atoms with Gasteiger partial charge in [-0.1, -0.05) is 6.07 Å². The number of azo groups is 1. The Bertz CT molecular complexity index is 913. The molecule has 0 spiro atoms. The van der Waals surface area contributed by atoms with Gasteiger partial charge in [-0.2, -0.15) is 0 Å². The van der Waals surface area contributed by atoms with Crippen molar-refractivity contribution in [1.82, 2.24) is 9.38 Å². The van der Waals surface area contributed by atoms with Crippen molar-refractivity contribution in [1.29, 1.82) is 0 Å². The van der Waals surface area contributed by atoms with E-state index in [9.17, 15) is 4.79 Å². The minimum atomic E-state index is -0.962. The van der Waals surface area contributed by atoms with Gasteiger partial charge in [-0.3, -0.25) is 9.20 Å². The van der Waals surface area contributed by atoms with Crippen LogP contribution >= 0.6 is 0 Å². The second-order valence-electron chi connectivity index (χ2n) is 5.29. The summed E-state index contributed by atoms with van der Waals surface area (Å²) in [6, 6.07) is 10.8. The third kappa shape index (κ3) is 3.24. The molecule has 0 unspecified atom stereocenters. The summed E-state index contributed by atoms with van der Waals surface area (Å²) < 4.78 is 6.85. The predicted molar refractivity (Wildman–Crippen MR) is 88.4 cm³/mol. The van der Waals surface area contributed by atoms with Crippen LogP contribution in [0.3, 0.4) is 0 Å². The second kappa shape index (κ2) is 6.49. The van der Waals surface area contributed by atoms with Gasteiger partial charge >= 0.3 is 5.97 Å². The average Bonchev–Trinajstić information content (AvgIpc) is 2.89. The quantitative estimate of drug-likeness (QED) is 0.725. The van der Waals surface area contributed by atoms with E-state index in [1.165, 1.54) is 0 Å². The molecule has 0 amide bonds. The Morgan fingerprint density at radius 2 is 1.96 bits per heavy atom. The Labute approximate surface area is 138 Å². The Morgan fingerprint density at radius 3 is 2.62 bits per heavy atom. The lowest BCUT2D eigenvalue weighted by atomic mass is 10.3. The summed E-state index contributed by atoms with van der Waals surface area (Å²) in [6.07, 6.45) is 1.65. The first kappa shape index (κ1) is 15.7. The highest BCUT2D eigenvalue weighted by atomic mass is 16.5. The molecule has 24 heavy (non-hydrogen) atoms. The molecular weight excluding hydrogens is 308 g/mol. The number of nitrogens with zero attached hydrogens (tertiary/aromatic N) is 4. The number of pyridine rings is 1. The first-order valence-electron chi connectivity index (χ1n) is 7.32. The lowest BCUT2D eigenvalue weighted by Crippen LogP contribution is -2.00. The van der Waals surface area contributed by atoms with Gasteiger partial charge in [0.25, 0.3) is 0 Å². The molecule has 1 N–H and O–H groups in total. The van der Waals surface area contributed by atoms with Gasteiger partial charge in [0.2, 0.25) is 0 Å². The number of rotatable bonds is 5. The summed E-state index contributed by atoms with van der Waals surface area (Å²) in [5.74, 6) is 0.189. The largest absolute Gasteiger partial charge is 0.497 e. The molecule has 7 heteroatoms. The summed E-state index contributed by atoms with van der Waals surface area (Å²) in [4.78, 5) is 15.4. The maximum absolute atomic E-state index is 11.1. The maximum atomic E-state index is 11.1. The number of aliphatic carboxylic acids is 1. The zero-order chi connectivity index (χ0) is 17.1. The Balaban J connectivity index is 2.03. The maximum Gasteiger partial charge on any atom is 0.309 e. The molecule has 0 aliphatic carbocycles. The molecule has 0 bridgehead atoms. The number of aromatic nitrogens is 2. The monoisotopic (exact) mass is 324 g/mol. The number of benzene rings is 1. The van der Waals surface area contributed by atoms with Gasteiger partial charge in [-0.05, 0) is 42.8 Å². The lowest BCUT2D eigenvalue weighted by Gasteiger charge is -2.00. The Morgan fingerprint density at radius 1 is 1.21 bits per heavy atom. The van der Waals surface area contributed by atoms with E-state index in [2.05, 4.69) is 15.2 Å². The lowest BCUT2D eigenvalue weighted by molar-refractivity contribution is -0.136. The average molecular weight is 324 g/mol. The first-order chi connectivity index (χ1) is 11.6. The van der Waals surface area contributed by atoms with Crippen molar-refractivity contribution in [2.45, 2.75) is 13.3 Å². The molecule has 7 nitrogen and oxygen atoms in total. The van der Waals surface area contributed by atoms with E-state index in [0.717, 1.165) is 11.3 Å². The van der Waals surface area contributed by atoms with E-state index in [4.69, 9.17) is 9.84 Å². The number of fused-ring (bicyclic) bond motifs is 1. The fourth-order valence-corrected chi connectivity index (χ4v) is 2.31. The van der Waals surface area contributed by atoms with E-state index in [0.29, 0.717) is 22.8 Å². The zero-order valence-electron chi connectivity index (χ0n) is 13.3. The highest BCUT2D eigenvalue weighted by Crippen LogP contribution is 2.26. The van der Waals surface area contributed by atoms with Gasteiger partial charge in [0, 0.05) is 6.20 Å². The molecule has 1 aromatic carbocycles. The van der Waals surface area contributed by atoms with Crippen LogP contribution in [0.5, 0.6) is 5.75 Å². The van der Waals surface area contributed by atoms with Crippen LogP contribution in [0.15, 0.2) is 52.8 Å². The normalized spacial score (nSPS) is 11.2. The number of methoxy groups -OCH3 is 1. The fourth-order valence-electron chi connectivity index (χ4n) is 2.31. The van der Waals surface area contributed by atoms with Crippen molar-refractivity contribution >= 4 is 23.1 Å². The molecule has 0 saturated carbocycles. The van der Waals surface area contributed by atoms with Crippen LogP contribution in [0.1, 0.15) is 11.3 Å². The summed E-state index contributed by atoms with van der Waals surface area (Å²) in [5, 5.41) is 17.5. The molecule has 0 saturated heterocycles. The van der Waals surface area contributed by atoms with Crippen molar-refractivity contribution in [2.75, 3.05) is 7.11 Å². The highest BCUT2D eigenvalue weighted by molar-refractivity contribution is 5.72. The fraction of sp³-hybridized carbons (Fsp3) is 0.176. The van der Waals surface area contributed by atoms with Crippen molar-refractivity contribution in [3.63, 3.8) is 0 Å². The van der Waals surface area contributed by atoms with E-state index >= 15 is 0 Å². The first-order valence-corrected chi connectivity index (χ1v) is 7.32. The third-order valence-electron chi connectivity index (χ3n) is 3.46. The molecule has 2 aromatic heterocycles. The van der Waals surface area contributed by atoms with Crippen LogP contribution in [-0.4, -0.2) is 27.6 Å². The van der Waals surface area contributed by atoms with Crippen LogP contribution in [0.25, 0.3) is 5.65 Å². The number of ether oxygens (including phenoxy) is 1. The standard InChI is InChI=1S/C17H16N4O3/c1-11-3-8-15-18-14(9-16(22)23)17(21(15)10-11)20-19-12-4-6-13(24-2)7-5-12/h3-8,10H,9H2,1-2H3,(H,22,23). The van der Waals surface area contributed by atoms with E-state index in [1.54, 1.807) is 35.8 Å². The van der Waals surface area contributed by atoms with Crippen molar-refractivity contribution in [2.24, 2.45) is 10.2 Å². The van der Waals surface area contributed by atoms with Gasteiger partial charge in [-0.15, -0.1) is 10.2 Å². The van der Waals surface area contributed by atoms with Crippen LogP contribution in [0.4, 0.5) is 11.5 Å². The minimum Gasteiger partial charge on any atom is -0.497 e. The number of hydrogen-bond donors (Lipinski definition) is 1. The molecule has 3 rings (SSSR count). The number of carbonyl (C=O) groups is 1. The van der Waals surface area contributed by atoms with E-state index in [-0.39, 0.29) is 6.42 Å². The number of imidazole rings is 1. The predicted octanol–water partition coefficient (Wildman–Crippen LogP) is 3.69. The van der Waals surface area contributed by atoms with Crippen molar-refractivity contribution < 1.29 is 14.6 Å². The van der Waals surface area contributed by atoms with Crippen LogP contribution in [0, 0.1) is 6.92 Å². The number of hydrogen-bond acceptors (Lipinski definition) is 5. The topological polar surface area (TPSA) is 88.5 Å². The van der Waals surface area contributed by atoms with Crippen molar-refractivity contribution in [3.05, 3.63) is 53.9 Å². The molecule has 2 heterocycles. The van der Waals surface area contributed by atoms with Crippen LogP contribution in [-0.2, 0) is 11.2 Å². The number of carboxylic acids is 1. The SMILES string of the molecule is COc1ccc(N=Nc2c(CC(=O)O)nc3ccc(C)cn23)cc1. The van der Waals surface area contributed by atoms with E-state index in [1.807, 2.05) is 25.3 Å². The van der Waals surface area contributed by atoms with Gasteiger partial charge in [0.1, 0.15) is 11.4 Å². The van der Waals surface area contributed by atoms with Gasteiger partial charge in [-0.25, -0.2) is 4.98 Å². The molecule has 122 valence electrons. The van der Waals surface area contributed by atoms with E-state index < -0.39 is 5.97 Å². The highest BCUT2D eigenvalue weighted by Gasteiger charge is 2.15. The third-order valence-corrected chi connectivity index (χ3v) is 3.46. The van der Waals surface area contributed by atoms with Crippen LogP contribution < -0.4 is 4.74 Å². The number of aryl methyl sites for hydroxylation is 1. The van der Waals surface area contributed by atoms with Gasteiger partial charge in [0.05, 0.1) is 24.9 Å². The Kier molecular flexibility index (Phi) is 4.24. The Hall–Kier alpha value is -3.22. The molecule has 3 aromatic rings. The number of carboxylic acid groups (broad SMARTS) is 1. The summed E-state index contributed by atoms with van der Waals surface area (Å²) in [5.41, 5.74) is 2.67. The molecule has 0 atom stereocenters. The summed E-state index contributed by atoms with van der Waals surface area (Å²) in [7, 11) is 1.59. The van der Waals surface area contributed by atoms with Gasteiger partial charge < -0.3 is 9.84 Å². The van der Waals surface area contributed by atoms with Gasteiger partial charge in [0.15, 0.2) is 5.82 Å². The molecule has 0 fully saturated rings. The summed E-state index contributed by atoms with van der Waals surface area (Å²) >= 11 is 0. The summed E-state index contributed by atoms with van der Waals surface area (Å²) in [6.45, 7) is 1.95. The molecule has 0 aliphatic heterocycles.